The van der Waals surface area contributed by atoms with Crippen molar-refractivity contribution >= 4 is 33.6 Å². The fourth-order valence-electron chi connectivity index (χ4n) is 1.36. The van der Waals surface area contributed by atoms with E-state index in [9.17, 15) is 0 Å². The Labute approximate surface area is 108 Å². The molecular weight excluding hydrogens is 286 g/mol. The monoisotopic (exact) mass is 292 g/mol. The molecule has 0 bridgehead atoms. The minimum Gasteiger partial charge on any atom is -0.254 e. The first kappa shape index (κ1) is 11.4. The number of nitrogens with zero attached hydrogens (tertiary/aromatic N) is 1. The molecule has 0 atom stereocenters. The Morgan fingerprint density at radius 2 is 2.19 bits per heavy atom. The third-order valence-electron chi connectivity index (χ3n) is 2.12. The van der Waals surface area contributed by atoms with Gasteiger partial charge < -0.3 is 0 Å². The fourth-order valence-corrected chi connectivity index (χ4v) is 2.02. The molecule has 1 heterocycles. The van der Waals surface area contributed by atoms with E-state index in [-0.39, 0.29) is 0 Å². The topological polar surface area (TPSA) is 12.9 Å². The van der Waals surface area contributed by atoms with Gasteiger partial charge in [-0.05, 0) is 35.9 Å². The number of aromatic nitrogens is 1. The molecule has 0 aliphatic heterocycles. The lowest BCUT2D eigenvalue weighted by Crippen LogP contribution is -1.86. The zero-order valence-electron chi connectivity index (χ0n) is 8.37. The first-order valence-electron chi connectivity index (χ1n) is 4.65. The fraction of sp³-hybridized carbons (Fsp3) is 0. The molecule has 0 aliphatic carbocycles. The lowest BCUT2D eigenvalue weighted by molar-refractivity contribution is 1.31. The van der Waals surface area contributed by atoms with Crippen molar-refractivity contribution < 1.29 is 0 Å². The molecule has 1 nitrogen and oxygen atoms in total. The van der Waals surface area contributed by atoms with Crippen molar-refractivity contribution in [3.8, 4) is 11.3 Å². The van der Waals surface area contributed by atoms with Crippen LogP contribution in [-0.4, -0.2) is 4.98 Å². The number of pyridine rings is 1. The lowest BCUT2D eigenvalue weighted by Gasteiger charge is -2.04. The van der Waals surface area contributed by atoms with Crippen molar-refractivity contribution in [2.45, 2.75) is 0 Å². The predicted octanol–water partition coefficient (Wildman–Crippen LogP) is 4.61. The Hall–Kier alpha value is -1.12. The normalized spacial score (nSPS) is 10.1. The summed E-state index contributed by atoms with van der Waals surface area (Å²) in [5.74, 6) is 0. The SMILES string of the molecule is C=Cc1cnc(-c2c[c]cc(Br)c2)c(Cl)c1. The van der Waals surface area contributed by atoms with Gasteiger partial charge in [-0.2, -0.15) is 0 Å². The number of benzene rings is 1. The average molecular weight is 294 g/mol. The van der Waals surface area contributed by atoms with Crippen LogP contribution in [0.5, 0.6) is 0 Å². The van der Waals surface area contributed by atoms with E-state index < -0.39 is 0 Å². The van der Waals surface area contributed by atoms with Gasteiger partial charge in [-0.25, -0.2) is 0 Å². The van der Waals surface area contributed by atoms with E-state index in [0.29, 0.717) is 5.02 Å². The van der Waals surface area contributed by atoms with Gasteiger partial charge in [-0.1, -0.05) is 40.2 Å². The van der Waals surface area contributed by atoms with E-state index in [1.165, 1.54) is 0 Å². The highest BCUT2D eigenvalue weighted by atomic mass is 79.9. The quantitative estimate of drug-likeness (QED) is 0.788. The molecule has 79 valence electrons. The predicted molar refractivity (Wildman–Crippen MR) is 71.3 cm³/mol. The summed E-state index contributed by atoms with van der Waals surface area (Å²) < 4.78 is 0.954. The highest BCUT2D eigenvalue weighted by Gasteiger charge is 2.05. The van der Waals surface area contributed by atoms with E-state index >= 15 is 0 Å². The molecule has 0 amide bonds. The summed E-state index contributed by atoms with van der Waals surface area (Å²) in [7, 11) is 0. The van der Waals surface area contributed by atoms with E-state index in [4.69, 9.17) is 11.6 Å². The lowest BCUT2D eigenvalue weighted by atomic mass is 10.1. The second-order valence-corrected chi connectivity index (χ2v) is 4.57. The average Bonchev–Trinajstić information content (AvgIpc) is 2.28. The van der Waals surface area contributed by atoms with Crippen molar-refractivity contribution in [2.75, 3.05) is 0 Å². The maximum Gasteiger partial charge on any atom is 0.0889 e. The molecule has 0 saturated heterocycles. The zero-order chi connectivity index (χ0) is 11.5. The van der Waals surface area contributed by atoms with Crippen LogP contribution in [0.25, 0.3) is 17.3 Å². The molecule has 1 aromatic carbocycles. The number of hydrogen-bond acceptors (Lipinski definition) is 1. The van der Waals surface area contributed by atoms with Crippen LogP contribution in [0.2, 0.25) is 5.02 Å². The van der Waals surface area contributed by atoms with Crippen molar-refractivity contribution in [3.63, 3.8) is 0 Å². The van der Waals surface area contributed by atoms with Gasteiger partial charge in [0.05, 0.1) is 10.7 Å². The summed E-state index contributed by atoms with van der Waals surface area (Å²) >= 11 is 9.55. The number of rotatable bonds is 2. The summed E-state index contributed by atoms with van der Waals surface area (Å²) in [6.07, 6.45) is 3.46. The van der Waals surface area contributed by atoms with Crippen LogP contribution in [-0.2, 0) is 0 Å². The third kappa shape index (κ3) is 2.34. The van der Waals surface area contributed by atoms with Crippen molar-refractivity contribution in [1.82, 2.24) is 4.98 Å². The van der Waals surface area contributed by atoms with Crippen molar-refractivity contribution in [3.05, 3.63) is 58.2 Å². The first-order chi connectivity index (χ1) is 7.70. The van der Waals surface area contributed by atoms with Crippen LogP contribution >= 0.6 is 27.5 Å². The Balaban J connectivity index is 2.52. The minimum atomic E-state index is 0.615. The van der Waals surface area contributed by atoms with Crippen LogP contribution in [0.15, 0.2) is 41.5 Å². The van der Waals surface area contributed by atoms with E-state index in [1.54, 1.807) is 12.3 Å². The molecule has 3 heteroatoms. The van der Waals surface area contributed by atoms with E-state index in [2.05, 4.69) is 33.6 Å². The van der Waals surface area contributed by atoms with Gasteiger partial charge in [0.25, 0.3) is 0 Å². The molecule has 0 spiro atoms. The number of hydrogen-bond donors (Lipinski definition) is 0. The third-order valence-corrected chi connectivity index (χ3v) is 2.87. The first-order valence-corrected chi connectivity index (χ1v) is 5.83. The molecule has 0 aliphatic rings. The standard InChI is InChI=1S/C13H8BrClN/c1-2-9-6-12(15)13(16-8-9)10-4-3-5-11(14)7-10/h2,4-8H,1H2. The minimum absolute atomic E-state index is 0.615. The van der Waals surface area contributed by atoms with Crippen molar-refractivity contribution in [2.24, 2.45) is 0 Å². The number of halogens is 2. The molecule has 2 rings (SSSR count). The molecule has 0 fully saturated rings. The highest BCUT2D eigenvalue weighted by molar-refractivity contribution is 9.10. The molecule has 0 saturated carbocycles. The second-order valence-electron chi connectivity index (χ2n) is 3.24. The molecule has 1 aromatic heterocycles. The molecule has 0 N–H and O–H groups in total. The summed E-state index contributed by atoms with van der Waals surface area (Å²) in [4.78, 5) is 4.32. The van der Waals surface area contributed by atoms with Crippen LogP contribution in [0.3, 0.4) is 0 Å². The summed E-state index contributed by atoms with van der Waals surface area (Å²) in [6.45, 7) is 3.68. The van der Waals surface area contributed by atoms with Crippen LogP contribution in [0.1, 0.15) is 5.56 Å². The van der Waals surface area contributed by atoms with Crippen LogP contribution in [0.4, 0.5) is 0 Å². The largest absolute Gasteiger partial charge is 0.254 e. The maximum atomic E-state index is 6.16. The van der Waals surface area contributed by atoms with Gasteiger partial charge in [0.2, 0.25) is 0 Å². The van der Waals surface area contributed by atoms with Gasteiger partial charge in [-0.15, -0.1) is 0 Å². The molecular formula is C13H8BrClN. The van der Waals surface area contributed by atoms with Crippen LogP contribution < -0.4 is 0 Å². The Morgan fingerprint density at radius 3 is 2.81 bits per heavy atom. The van der Waals surface area contributed by atoms with Gasteiger partial charge in [0.15, 0.2) is 0 Å². The molecule has 0 unspecified atom stereocenters. The van der Waals surface area contributed by atoms with E-state index in [0.717, 1.165) is 21.3 Å². The molecule has 2 aromatic rings. The maximum absolute atomic E-state index is 6.16. The summed E-state index contributed by atoms with van der Waals surface area (Å²) in [5.41, 5.74) is 2.60. The van der Waals surface area contributed by atoms with Gasteiger partial charge in [-0.3, -0.25) is 4.98 Å². The Morgan fingerprint density at radius 1 is 1.38 bits per heavy atom. The second kappa shape index (κ2) is 4.81. The van der Waals surface area contributed by atoms with E-state index in [1.807, 2.05) is 24.3 Å². The van der Waals surface area contributed by atoms with Crippen molar-refractivity contribution in [1.29, 1.82) is 0 Å². The summed E-state index contributed by atoms with van der Waals surface area (Å²) in [5, 5.41) is 0.615. The Kier molecular flexibility index (Phi) is 3.42. The summed E-state index contributed by atoms with van der Waals surface area (Å²) in [6, 6.07) is 10.5. The van der Waals surface area contributed by atoms with Gasteiger partial charge in [0.1, 0.15) is 0 Å². The van der Waals surface area contributed by atoms with Crippen LogP contribution in [0, 0.1) is 6.07 Å². The Bertz CT molecular complexity index is 537. The molecule has 1 radical (unpaired) electrons. The van der Waals surface area contributed by atoms with Gasteiger partial charge in [0, 0.05) is 16.2 Å². The zero-order valence-corrected chi connectivity index (χ0v) is 10.7. The van der Waals surface area contributed by atoms with Gasteiger partial charge >= 0.3 is 0 Å². The highest BCUT2D eigenvalue weighted by Crippen LogP contribution is 2.28. The molecule has 16 heavy (non-hydrogen) atoms. The smallest absolute Gasteiger partial charge is 0.0889 e.